The molecule has 0 aliphatic rings. The third kappa shape index (κ3) is 12.3. The number of benzene rings is 2. The van der Waals surface area contributed by atoms with Gasteiger partial charge in [0.25, 0.3) is 0 Å². The van der Waals surface area contributed by atoms with Gasteiger partial charge in [-0.3, -0.25) is 9.59 Å². The zero-order valence-corrected chi connectivity index (χ0v) is 26.9. The molecule has 2 rings (SSSR count). The number of amides is 3. The van der Waals surface area contributed by atoms with Gasteiger partial charge in [0, 0.05) is 19.5 Å². The summed E-state index contributed by atoms with van der Waals surface area (Å²) in [6.07, 6.45) is 6.46. The zero-order valence-electron chi connectivity index (χ0n) is 26.9. The maximum atomic E-state index is 14.6. The molecular formula is C35H53N3O4. The minimum Gasteiger partial charge on any atom is -0.444 e. The molecule has 0 fully saturated rings. The molecule has 7 heteroatoms. The van der Waals surface area contributed by atoms with Crippen molar-refractivity contribution in [2.75, 3.05) is 13.1 Å². The quantitative estimate of drug-likeness (QED) is 0.206. The fraction of sp³-hybridized carbons (Fsp3) is 0.571. The van der Waals surface area contributed by atoms with Crippen LogP contribution in [0.5, 0.6) is 0 Å². The van der Waals surface area contributed by atoms with Crippen molar-refractivity contribution in [1.29, 1.82) is 0 Å². The van der Waals surface area contributed by atoms with Crippen LogP contribution in [0.25, 0.3) is 0 Å². The van der Waals surface area contributed by atoms with Crippen LogP contribution in [0, 0.1) is 13.8 Å². The van der Waals surface area contributed by atoms with Crippen molar-refractivity contribution < 1.29 is 19.1 Å². The molecule has 0 saturated heterocycles. The first-order valence-electron chi connectivity index (χ1n) is 15.6. The smallest absolute Gasteiger partial charge is 0.408 e. The van der Waals surface area contributed by atoms with Crippen LogP contribution in [0.4, 0.5) is 4.79 Å². The van der Waals surface area contributed by atoms with Crippen LogP contribution in [0.15, 0.2) is 48.5 Å². The van der Waals surface area contributed by atoms with Crippen LogP contribution in [-0.4, -0.2) is 47.5 Å². The van der Waals surface area contributed by atoms with Gasteiger partial charge in [-0.05, 0) is 58.6 Å². The topological polar surface area (TPSA) is 87.7 Å². The summed E-state index contributed by atoms with van der Waals surface area (Å²) >= 11 is 0. The van der Waals surface area contributed by atoms with Crippen molar-refractivity contribution in [2.24, 2.45) is 0 Å². The van der Waals surface area contributed by atoms with Gasteiger partial charge in [0.2, 0.25) is 11.8 Å². The minimum absolute atomic E-state index is 0.203. The van der Waals surface area contributed by atoms with E-state index in [2.05, 4.69) is 30.5 Å². The van der Waals surface area contributed by atoms with Gasteiger partial charge in [0.15, 0.2) is 0 Å². The molecule has 0 aliphatic heterocycles. The van der Waals surface area contributed by atoms with Crippen LogP contribution in [0.3, 0.4) is 0 Å². The third-order valence-corrected chi connectivity index (χ3v) is 7.01. The highest BCUT2D eigenvalue weighted by molar-refractivity contribution is 5.92. The number of unbranched alkanes of at least 4 members (excludes halogenated alkanes) is 5. The Hall–Kier alpha value is -3.35. The van der Waals surface area contributed by atoms with Gasteiger partial charge in [-0.2, -0.15) is 0 Å². The van der Waals surface area contributed by atoms with E-state index in [1.807, 2.05) is 56.3 Å². The van der Waals surface area contributed by atoms with E-state index in [9.17, 15) is 14.4 Å². The first kappa shape index (κ1) is 34.8. The SMILES string of the molecule is CCCCCCCN(C(=O)C(Cc1ccccc1)NC(=O)OC(C)(C)C)C(C(=O)NCCCC)c1cc(C)cc(C)c1. The van der Waals surface area contributed by atoms with Crippen LogP contribution >= 0.6 is 0 Å². The predicted octanol–water partition coefficient (Wildman–Crippen LogP) is 7.20. The lowest BCUT2D eigenvalue weighted by Crippen LogP contribution is -2.54. The fourth-order valence-electron chi connectivity index (χ4n) is 5.08. The normalized spacial score (nSPS) is 12.7. The molecular weight excluding hydrogens is 526 g/mol. The largest absolute Gasteiger partial charge is 0.444 e. The molecule has 2 aromatic rings. The maximum absolute atomic E-state index is 14.6. The Balaban J connectivity index is 2.55. The second-order valence-corrected chi connectivity index (χ2v) is 12.3. The lowest BCUT2D eigenvalue weighted by molar-refractivity contribution is -0.142. The monoisotopic (exact) mass is 579 g/mol. The van der Waals surface area contributed by atoms with Gasteiger partial charge in [0.1, 0.15) is 17.7 Å². The molecule has 2 unspecified atom stereocenters. The Kier molecular flexibility index (Phi) is 14.6. The summed E-state index contributed by atoms with van der Waals surface area (Å²) in [6.45, 7) is 14.6. The fourth-order valence-corrected chi connectivity index (χ4v) is 5.08. The molecule has 0 aromatic heterocycles. The van der Waals surface area contributed by atoms with Crippen LogP contribution in [0.2, 0.25) is 0 Å². The van der Waals surface area contributed by atoms with Gasteiger partial charge in [-0.25, -0.2) is 4.79 Å². The number of nitrogens with zero attached hydrogens (tertiary/aromatic N) is 1. The number of hydrogen-bond donors (Lipinski definition) is 2. The second-order valence-electron chi connectivity index (χ2n) is 12.3. The Bertz CT molecular complexity index is 1110. The minimum atomic E-state index is -0.908. The number of alkyl carbamates (subject to hydrolysis) is 1. The lowest BCUT2D eigenvalue weighted by Gasteiger charge is -2.35. The highest BCUT2D eigenvalue weighted by Crippen LogP contribution is 2.26. The van der Waals surface area contributed by atoms with E-state index in [1.165, 1.54) is 0 Å². The molecule has 7 nitrogen and oxygen atoms in total. The van der Waals surface area contributed by atoms with Gasteiger partial charge in [-0.1, -0.05) is 106 Å². The van der Waals surface area contributed by atoms with E-state index < -0.39 is 23.8 Å². The summed E-state index contributed by atoms with van der Waals surface area (Å²) in [5.74, 6) is -0.499. The second kappa shape index (κ2) is 17.6. The van der Waals surface area contributed by atoms with E-state index in [4.69, 9.17) is 4.74 Å². The van der Waals surface area contributed by atoms with Gasteiger partial charge < -0.3 is 20.3 Å². The molecule has 2 aromatic carbocycles. The molecule has 0 spiro atoms. The summed E-state index contributed by atoms with van der Waals surface area (Å²) in [6, 6.07) is 13.9. The molecule has 2 N–H and O–H groups in total. The zero-order chi connectivity index (χ0) is 31.1. The summed E-state index contributed by atoms with van der Waals surface area (Å²) in [5.41, 5.74) is 3.02. The summed E-state index contributed by atoms with van der Waals surface area (Å²) < 4.78 is 5.55. The number of hydrogen-bond acceptors (Lipinski definition) is 4. The van der Waals surface area contributed by atoms with Gasteiger partial charge in [0.05, 0.1) is 0 Å². The molecule has 0 bridgehead atoms. The van der Waals surface area contributed by atoms with Crippen molar-refractivity contribution in [3.63, 3.8) is 0 Å². The summed E-state index contributed by atoms with van der Waals surface area (Å²) in [7, 11) is 0. The molecule has 0 radical (unpaired) electrons. The molecule has 42 heavy (non-hydrogen) atoms. The number of aryl methyl sites for hydroxylation is 2. The molecule has 0 heterocycles. The van der Waals surface area contributed by atoms with Crippen molar-refractivity contribution in [1.82, 2.24) is 15.5 Å². The van der Waals surface area contributed by atoms with Crippen LogP contribution < -0.4 is 10.6 Å². The first-order chi connectivity index (χ1) is 19.9. The molecule has 0 aliphatic carbocycles. The first-order valence-corrected chi connectivity index (χ1v) is 15.6. The summed E-state index contributed by atoms with van der Waals surface area (Å²) in [4.78, 5) is 43.1. The van der Waals surface area contributed by atoms with E-state index in [0.29, 0.717) is 13.1 Å². The predicted molar refractivity (Wildman–Crippen MR) is 170 cm³/mol. The van der Waals surface area contributed by atoms with Gasteiger partial charge in [-0.15, -0.1) is 0 Å². The van der Waals surface area contributed by atoms with Crippen LogP contribution in [0.1, 0.15) is 108 Å². The number of ether oxygens (including phenoxy) is 1. The molecule has 3 amide bonds. The van der Waals surface area contributed by atoms with Crippen molar-refractivity contribution in [2.45, 2.75) is 118 Å². The average molecular weight is 580 g/mol. The highest BCUT2D eigenvalue weighted by atomic mass is 16.6. The number of carbonyl (C=O) groups excluding carboxylic acids is 3. The highest BCUT2D eigenvalue weighted by Gasteiger charge is 2.36. The Morgan fingerprint density at radius 2 is 1.48 bits per heavy atom. The van der Waals surface area contributed by atoms with Crippen molar-refractivity contribution in [3.05, 3.63) is 70.8 Å². The number of carbonyl (C=O) groups is 3. The van der Waals surface area contributed by atoms with E-state index in [-0.39, 0.29) is 18.2 Å². The van der Waals surface area contributed by atoms with E-state index in [0.717, 1.165) is 67.2 Å². The number of rotatable bonds is 16. The maximum Gasteiger partial charge on any atom is 0.408 e. The van der Waals surface area contributed by atoms with E-state index in [1.54, 1.807) is 25.7 Å². The number of nitrogens with one attached hydrogen (secondary N) is 2. The standard InChI is InChI=1S/C35H53N3O4/c1-8-10-12-13-17-21-38(31(32(39)36-20-11-9-2)29-23-26(3)22-27(4)24-29)33(40)30(25-28-18-15-14-16-19-28)37-34(41)42-35(5,6)7/h14-16,18-19,22-24,30-31H,8-13,17,20-21,25H2,1-7H3,(H,36,39)(H,37,41). The van der Waals surface area contributed by atoms with E-state index >= 15 is 0 Å². The third-order valence-electron chi connectivity index (χ3n) is 7.01. The van der Waals surface area contributed by atoms with Crippen molar-refractivity contribution in [3.8, 4) is 0 Å². The summed E-state index contributed by atoms with van der Waals surface area (Å²) in [5, 5.41) is 5.93. The Morgan fingerprint density at radius 1 is 0.857 bits per heavy atom. The Morgan fingerprint density at radius 3 is 2.07 bits per heavy atom. The van der Waals surface area contributed by atoms with Gasteiger partial charge >= 0.3 is 6.09 Å². The lowest BCUT2D eigenvalue weighted by atomic mass is 9.97. The van der Waals surface area contributed by atoms with Crippen molar-refractivity contribution >= 4 is 17.9 Å². The molecule has 232 valence electrons. The molecule has 2 atom stereocenters. The molecule has 0 saturated carbocycles. The average Bonchev–Trinajstić information content (AvgIpc) is 2.90. The van der Waals surface area contributed by atoms with Crippen LogP contribution in [-0.2, 0) is 20.7 Å². The Labute approximate surface area is 253 Å².